The molecule has 2 rings (SSSR count). The van der Waals surface area contributed by atoms with Gasteiger partial charge in [-0.3, -0.25) is 0 Å². The van der Waals surface area contributed by atoms with E-state index in [-0.39, 0.29) is 29.5 Å². The molecule has 2 aromatic rings. The number of halogens is 2. The average molecular weight is 356 g/mol. The minimum atomic E-state index is -3.00. The van der Waals surface area contributed by atoms with Gasteiger partial charge in [-0.05, 0) is 36.6 Å². The van der Waals surface area contributed by atoms with Crippen LogP contribution in [0.4, 0.5) is 8.78 Å². The van der Waals surface area contributed by atoms with E-state index < -0.39 is 12.6 Å². The van der Waals surface area contributed by atoms with Gasteiger partial charge < -0.3 is 20.0 Å². The van der Waals surface area contributed by atoms with Gasteiger partial charge in [-0.2, -0.15) is 8.78 Å². The largest absolute Gasteiger partial charge is 0.490 e. The summed E-state index contributed by atoms with van der Waals surface area (Å²) in [6.07, 6.45) is 0. The van der Waals surface area contributed by atoms with Crippen LogP contribution < -0.4 is 15.2 Å². The summed E-state index contributed by atoms with van der Waals surface area (Å²) in [4.78, 5) is 17.4. The number of rotatable bonds is 7. The van der Waals surface area contributed by atoms with Crippen LogP contribution in [-0.4, -0.2) is 25.0 Å². The van der Waals surface area contributed by atoms with Crippen molar-refractivity contribution in [2.75, 3.05) is 6.61 Å². The Bertz CT molecular complexity index is 720. The van der Waals surface area contributed by atoms with Crippen LogP contribution >= 0.6 is 11.3 Å². The summed E-state index contributed by atoms with van der Waals surface area (Å²) in [6.45, 7) is -1.12. The minimum absolute atomic E-state index is 0.00228. The first-order chi connectivity index (χ1) is 11.5. The zero-order valence-corrected chi connectivity index (χ0v) is 13.4. The molecule has 1 aromatic carbocycles. The van der Waals surface area contributed by atoms with E-state index in [0.29, 0.717) is 4.88 Å². The number of amidine groups is 1. The van der Waals surface area contributed by atoms with Crippen molar-refractivity contribution < 1.29 is 27.9 Å². The fourth-order valence-corrected chi connectivity index (χ4v) is 2.33. The molecule has 9 heteroatoms. The van der Waals surface area contributed by atoms with Crippen molar-refractivity contribution in [3.63, 3.8) is 0 Å². The maximum Gasteiger partial charge on any atom is 0.387 e. The summed E-state index contributed by atoms with van der Waals surface area (Å²) in [5, 5.41) is 5.35. The molecule has 0 fully saturated rings. The van der Waals surface area contributed by atoms with Crippen molar-refractivity contribution in [1.29, 1.82) is 0 Å². The molecule has 6 nitrogen and oxygen atoms in total. The molecule has 128 valence electrons. The van der Waals surface area contributed by atoms with Crippen LogP contribution in [0.25, 0.3) is 0 Å². The monoisotopic (exact) mass is 356 g/mol. The molecule has 0 atom stereocenters. The van der Waals surface area contributed by atoms with E-state index in [1.165, 1.54) is 29.5 Å². The Kier molecular flexibility index (Phi) is 6.07. The molecule has 0 amide bonds. The molecular weight excluding hydrogens is 342 g/mol. The summed E-state index contributed by atoms with van der Waals surface area (Å²) >= 11 is 1.34. The highest BCUT2D eigenvalue weighted by molar-refractivity contribution is 7.12. The first-order valence-corrected chi connectivity index (χ1v) is 7.69. The van der Waals surface area contributed by atoms with Crippen LogP contribution in [-0.2, 0) is 4.84 Å². The van der Waals surface area contributed by atoms with Crippen LogP contribution in [0, 0.1) is 0 Å². The Balaban J connectivity index is 2.14. The lowest BCUT2D eigenvalue weighted by atomic mass is 10.2. The summed E-state index contributed by atoms with van der Waals surface area (Å²) < 4.78 is 34.2. The fraction of sp³-hybridized carbons (Fsp3) is 0.200. The van der Waals surface area contributed by atoms with Gasteiger partial charge in [0.15, 0.2) is 17.3 Å². The molecule has 0 aliphatic rings. The van der Waals surface area contributed by atoms with E-state index in [2.05, 4.69) is 9.89 Å². The van der Waals surface area contributed by atoms with Gasteiger partial charge in [0.25, 0.3) is 0 Å². The molecule has 0 spiro atoms. The zero-order chi connectivity index (χ0) is 17.5. The predicted molar refractivity (Wildman–Crippen MR) is 84.7 cm³/mol. The second kappa shape index (κ2) is 8.25. The van der Waals surface area contributed by atoms with Gasteiger partial charge in [0.05, 0.1) is 17.0 Å². The Morgan fingerprint density at radius 1 is 1.33 bits per heavy atom. The third kappa shape index (κ3) is 4.66. The van der Waals surface area contributed by atoms with Gasteiger partial charge in [0.2, 0.25) is 0 Å². The molecule has 24 heavy (non-hydrogen) atoms. The topological polar surface area (TPSA) is 83.1 Å². The fourth-order valence-electron chi connectivity index (χ4n) is 1.71. The lowest BCUT2D eigenvalue weighted by Crippen LogP contribution is -2.14. The number of thiophene rings is 1. The zero-order valence-electron chi connectivity index (χ0n) is 12.6. The third-order valence-corrected chi connectivity index (χ3v) is 3.59. The SMILES string of the molecule is CCOc1cc(C(=O)O/N=C(\N)c2cccs2)ccc1OC(F)F. The number of hydrogen-bond donors (Lipinski definition) is 1. The standard InChI is InChI=1S/C15H14F2N2O4S/c1-2-21-11-8-9(5-6-10(11)22-15(16)17)14(20)23-19-13(18)12-4-3-7-24-12/h3-8,15H,2H2,1H3,(H2,18,19). The average Bonchev–Trinajstić information content (AvgIpc) is 3.08. The normalized spacial score (nSPS) is 11.4. The Labute approximate surface area is 140 Å². The van der Waals surface area contributed by atoms with E-state index >= 15 is 0 Å². The van der Waals surface area contributed by atoms with Crippen molar-refractivity contribution in [3.05, 3.63) is 46.2 Å². The van der Waals surface area contributed by atoms with Crippen molar-refractivity contribution in [3.8, 4) is 11.5 Å². The third-order valence-electron chi connectivity index (χ3n) is 2.70. The Hall–Kier alpha value is -2.68. The molecule has 1 aromatic heterocycles. The van der Waals surface area contributed by atoms with Crippen molar-refractivity contribution >= 4 is 23.1 Å². The summed E-state index contributed by atoms with van der Waals surface area (Å²) in [5.41, 5.74) is 5.74. The van der Waals surface area contributed by atoms with E-state index in [0.717, 1.165) is 0 Å². The number of oxime groups is 1. The molecule has 1 heterocycles. The molecule has 0 aliphatic carbocycles. The second-order valence-corrected chi connectivity index (χ2v) is 5.25. The maximum atomic E-state index is 12.3. The van der Waals surface area contributed by atoms with Crippen LogP contribution in [0.1, 0.15) is 22.2 Å². The summed E-state index contributed by atoms with van der Waals surface area (Å²) in [7, 11) is 0. The summed E-state index contributed by atoms with van der Waals surface area (Å²) in [5.74, 6) is -0.924. The van der Waals surface area contributed by atoms with Crippen LogP contribution in [0.2, 0.25) is 0 Å². The van der Waals surface area contributed by atoms with Gasteiger partial charge >= 0.3 is 12.6 Å². The number of alkyl halides is 2. The molecule has 0 bridgehead atoms. The van der Waals surface area contributed by atoms with Crippen molar-refractivity contribution in [2.45, 2.75) is 13.5 Å². The molecule has 0 radical (unpaired) electrons. The second-order valence-electron chi connectivity index (χ2n) is 4.31. The lowest BCUT2D eigenvalue weighted by Gasteiger charge is -2.11. The highest BCUT2D eigenvalue weighted by Gasteiger charge is 2.16. The molecule has 2 N–H and O–H groups in total. The van der Waals surface area contributed by atoms with Gasteiger partial charge in [-0.25, -0.2) is 4.79 Å². The molecule has 0 saturated heterocycles. The molecular formula is C15H14F2N2O4S. The first-order valence-electron chi connectivity index (χ1n) is 6.81. The van der Waals surface area contributed by atoms with Gasteiger partial charge in [0, 0.05) is 0 Å². The summed E-state index contributed by atoms with van der Waals surface area (Å²) in [6, 6.07) is 7.20. The van der Waals surface area contributed by atoms with Crippen molar-refractivity contribution in [2.24, 2.45) is 10.9 Å². The van der Waals surface area contributed by atoms with E-state index in [1.807, 2.05) is 0 Å². The van der Waals surface area contributed by atoms with Crippen LogP contribution in [0.15, 0.2) is 40.9 Å². The predicted octanol–water partition coefficient (Wildman–Crippen LogP) is 3.23. The van der Waals surface area contributed by atoms with Crippen LogP contribution in [0.5, 0.6) is 11.5 Å². The van der Waals surface area contributed by atoms with E-state index in [9.17, 15) is 13.6 Å². The van der Waals surface area contributed by atoms with Crippen LogP contribution in [0.3, 0.4) is 0 Å². The number of ether oxygens (including phenoxy) is 2. The number of nitrogens with zero attached hydrogens (tertiary/aromatic N) is 1. The lowest BCUT2D eigenvalue weighted by molar-refractivity contribution is -0.0514. The van der Waals surface area contributed by atoms with E-state index in [1.54, 1.807) is 24.4 Å². The van der Waals surface area contributed by atoms with Gasteiger partial charge in [-0.1, -0.05) is 11.2 Å². The van der Waals surface area contributed by atoms with E-state index in [4.69, 9.17) is 15.3 Å². The Morgan fingerprint density at radius 3 is 2.75 bits per heavy atom. The Morgan fingerprint density at radius 2 is 2.12 bits per heavy atom. The number of nitrogens with two attached hydrogens (primary N) is 1. The molecule has 0 unspecified atom stereocenters. The molecule has 0 aliphatic heterocycles. The number of carbonyl (C=O) groups is 1. The molecule has 0 saturated carbocycles. The van der Waals surface area contributed by atoms with Crippen molar-refractivity contribution in [1.82, 2.24) is 0 Å². The quantitative estimate of drug-likeness (QED) is 0.356. The maximum absolute atomic E-state index is 12.3. The first kappa shape index (κ1) is 17.7. The van der Waals surface area contributed by atoms with Gasteiger partial charge in [-0.15, -0.1) is 11.3 Å². The number of benzene rings is 1. The smallest absolute Gasteiger partial charge is 0.387 e. The minimum Gasteiger partial charge on any atom is -0.490 e. The highest BCUT2D eigenvalue weighted by Crippen LogP contribution is 2.30. The van der Waals surface area contributed by atoms with Gasteiger partial charge in [0.1, 0.15) is 0 Å². The number of hydrogen-bond acceptors (Lipinski definition) is 6. The highest BCUT2D eigenvalue weighted by atomic mass is 32.1. The number of carbonyl (C=O) groups excluding carboxylic acids is 1.